The Morgan fingerprint density at radius 2 is 1.87 bits per heavy atom. The van der Waals surface area contributed by atoms with Crippen molar-refractivity contribution in [3.8, 4) is 0 Å². The van der Waals surface area contributed by atoms with Crippen molar-refractivity contribution in [2.45, 2.75) is 13.8 Å². The Hall–Kier alpha value is -1.16. The van der Waals surface area contributed by atoms with Gasteiger partial charge in [0, 0.05) is 0 Å². The van der Waals surface area contributed by atoms with Crippen molar-refractivity contribution in [1.29, 1.82) is 0 Å². The zero-order valence-corrected chi connectivity index (χ0v) is 10.3. The van der Waals surface area contributed by atoms with E-state index >= 15 is 0 Å². The van der Waals surface area contributed by atoms with Crippen LogP contribution in [0, 0.1) is 0 Å². The molecule has 0 saturated carbocycles. The molecule has 0 spiro atoms. The summed E-state index contributed by atoms with van der Waals surface area (Å²) in [6.45, 7) is 4.04. The van der Waals surface area contributed by atoms with E-state index in [1.807, 2.05) is 0 Å². The van der Waals surface area contributed by atoms with Gasteiger partial charge in [-0.2, -0.15) is 0 Å². The Morgan fingerprint density at radius 1 is 1.27 bits per heavy atom. The molecule has 0 aromatic rings. The van der Waals surface area contributed by atoms with E-state index in [9.17, 15) is 9.59 Å². The van der Waals surface area contributed by atoms with Gasteiger partial charge in [-0.25, -0.2) is 0 Å². The molecule has 0 unspecified atom stereocenters. The predicted molar refractivity (Wildman–Crippen MR) is 54.6 cm³/mol. The van der Waals surface area contributed by atoms with Gasteiger partial charge in [0.2, 0.25) is 0 Å². The van der Waals surface area contributed by atoms with E-state index in [1.54, 1.807) is 13.8 Å². The molecule has 0 bridgehead atoms. The molecule has 0 aromatic carbocycles. The van der Waals surface area contributed by atoms with Crippen molar-refractivity contribution in [2.75, 3.05) is 13.2 Å². The first kappa shape index (κ1) is 11.9. The standard InChI is InChI=1S/C8H11AsN2O4/c1-3-14-7(12)5-9-6(11-10-5)8(13)15-4-2/h3-4H2,1-2H3,(H,10,11). The van der Waals surface area contributed by atoms with E-state index in [0.717, 1.165) is 0 Å². The summed E-state index contributed by atoms with van der Waals surface area (Å²) in [7, 11) is 0. The maximum absolute atomic E-state index is 11.2. The molecule has 0 aliphatic carbocycles. The van der Waals surface area contributed by atoms with E-state index in [2.05, 4.69) is 10.5 Å². The van der Waals surface area contributed by atoms with Gasteiger partial charge >= 0.3 is 92.8 Å². The number of esters is 2. The summed E-state index contributed by atoms with van der Waals surface area (Å²) in [6, 6.07) is 0. The fourth-order valence-electron chi connectivity index (χ4n) is 0.839. The Labute approximate surface area is 93.2 Å². The quantitative estimate of drug-likeness (QED) is 0.518. The van der Waals surface area contributed by atoms with Gasteiger partial charge < -0.3 is 0 Å². The fraction of sp³-hybridized carbons (Fsp3) is 0.500. The number of hydrazone groups is 1. The summed E-state index contributed by atoms with van der Waals surface area (Å²) < 4.78 is 10.2. The van der Waals surface area contributed by atoms with Crippen LogP contribution in [0.5, 0.6) is 0 Å². The van der Waals surface area contributed by atoms with Gasteiger partial charge in [-0.3, -0.25) is 0 Å². The van der Waals surface area contributed by atoms with Crippen LogP contribution >= 0.6 is 0 Å². The van der Waals surface area contributed by atoms with Gasteiger partial charge in [0.1, 0.15) is 0 Å². The topological polar surface area (TPSA) is 77.0 Å². The summed E-state index contributed by atoms with van der Waals surface area (Å²) in [5.74, 6) is -0.912. The maximum atomic E-state index is 11.2. The van der Waals surface area contributed by atoms with Gasteiger partial charge in [-0.05, 0) is 0 Å². The van der Waals surface area contributed by atoms with Crippen LogP contribution in [0.1, 0.15) is 13.8 Å². The number of nitrogens with one attached hydrogen (secondary N) is 1. The summed E-state index contributed by atoms with van der Waals surface area (Å²) in [4.78, 5) is 22.5. The average Bonchev–Trinajstić information content (AvgIpc) is 2.67. The van der Waals surface area contributed by atoms with Crippen LogP contribution in [0.25, 0.3) is 0 Å². The number of hydrogen-bond donors (Lipinski definition) is 1. The minimum absolute atomic E-state index is 0.288. The predicted octanol–water partition coefficient (Wildman–Crippen LogP) is -1.14. The van der Waals surface area contributed by atoms with Crippen molar-refractivity contribution in [3.63, 3.8) is 0 Å². The van der Waals surface area contributed by atoms with E-state index in [4.69, 9.17) is 9.47 Å². The van der Waals surface area contributed by atoms with Crippen LogP contribution in [-0.4, -0.2) is 49.4 Å². The van der Waals surface area contributed by atoms with E-state index in [-0.39, 0.29) is 4.50 Å². The van der Waals surface area contributed by atoms with Gasteiger partial charge in [0.05, 0.1) is 0 Å². The van der Waals surface area contributed by atoms with Gasteiger partial charge in [0.25, 0.3) is 0 Å². The molecule has 82 valence electrons. The molecule has 0 amide bonds. The molecule has 0 aromatic heterocycles. The molecule has 0 fully saturated rings. The normalized spacial score (nSPS) is 14.8. The first-order chi connectivity index (χ1) is 7.19. The number of carbonyl (C=O) groups is 2. The van der Waals surface area contributed by atoms with Gasteiger partial charge in [-0.1, -0.05) is 0 Å². The van der Waals surface area contributed by atoms with Crippen LogP contribution in [-0.2, 0) is 19.1 Å². The molecule has 1 rings (SSSR count). The monoisotopic (exact) mass is 274 g/mol. The van der Waals surface area contributed by atoms with Crippen LogP contribution < -0.4 is 5.43 Å². The van der Waals surface area contributed by atoms with Crippen molar-refractivity contribution >= 4 is 36.2 Å². The van der Waals surface area contributed by atoms with Crippen LogP contribution in [0.4, 0.5) is 0 Å². The zero-order chi connectivity index (χ0) is 11.3. The average molecular weight is 274 g/mol. The molecule has 0 atom stereocenters. The first-order valence-corrected chi connectivity index (χ1v) is 6.33. The van der Waals surface area contributed by atoms with Crippen LogP contribution in [0.3, 0.4) is 0 Å². The summed E-state index contributed by atoms with van der Waals surface area (Å²) >= 11 is -0.737. The third-order valence-electron chi connectivity index (χ3n) is 1.41. The Balaban J connectivity index is 2.59. The number of carbonyl (C=O) groups excluding carboxylic acids is 2. The zero-order valence-electron chi connectivity index (χ0n) is 8.44. The molecule has 15 heavy (non-hydrogen) atoms. The molecular formula is C8H11AsN2O4. The van der Waals surface area contributed by atoms with Gasteiger partial charge in [0.15, 0.2) is 0 Å². The Morgan fingerprint density at radius 3 is 2.47 bits per heavy atom. The second-order valence-corrected chi connectivity index (χ2v) is 4.74. The number of nitrogens with zero attached hydrogens (tertiary/aromatic N) is 1. The molecule has 1 N–H and O–H groups in total. The van der Waals surface area contributed by atoms with E-state index in [0.29, 0.717) is 17.6 Å². The summed E-state index contributed by atoms with van der Waals surface area (Å²) in [5, 5.41) is 3.73. The molecule has 1 aliphatic heterocycles. The van der Waals surface area contributed by atoms with Crippen LogP contribution in [0.15, 0.2) is 5.10 Å². The molecule has 0 radical (unpaired) electrons. The van der Waals surface area contributed by atoms with E-state index in [1.165, 1.54) is 0 Å². The molecule has 1 heterocycles. The number of hydrogen-bond acceptors (Lipinski definition) is 6. The van der Waals surface area contributed by atoms with Crippen LogP contribution in [0.2, 0.25) is 0 Å². The fourth-order valence-corrected chi connectivity index (χ4v) is 2.36. The first-order valence-electron chi connectivity index (χ1n) is 4.45. The molecule has 6 nitrogen and oxygen atoms in total. The SMILES string of the molecule is CCOC(=O)C1=NNC(C(=O)OCC)=[As]1. The third-order valence-corrected chi connectivity index (χ3v) is 3.51. The van der Waals surface area contributed by atoms with Gasteiger partial charge in [-0.15, -0.1) is 0 Å². The summed E-state index contributed by atoms with van der Waals surface area (Å²) in [5.41, 5.74) is 2.50. The molecule has 1 aliphatic rings. The summed E-state index contributed by atoms with van der Waals surface area (Å²) in [6.07, 6.45) is 0. The van der Waals surface area contributed by atoms with Crippen molar-refractivity contribution in [2.24, 2.45) is 5.10 Å². The Bertz CT molecular complexity index is 338. The van der Waals surface area contributed by atoms with Crippen molar-refractivity contribution < 1.29 is 19.1 Å². The molecular weight excluding hydrogens is 263 g/mol. The van der Waals surface area contributed by atoms with Crippen molar-refractivity contribution in [3.05, 3.63) is 0 Å². The minimum atomic E-state index is -0.737. The van der Waals surface area contributed by atoms with E-state index < -0.39 is 27.2 Å². The number of ether oxygens (including phenoxy) is 2. The number of rotatable bonds is 4. The third kappa shape index (κ3) is 3.16. The molecule has 0 saturated heterocycles. The second-order valence-electron chi connectivity index (χ2n) is 2.45. The Kier molecular flexibility index (Phi) is 4.49. The molecule has 7 heteroatoms. The second kappa shape index (κ2) is 5.65. The van der Waals surface area contributed by atoms with Crippen molar-refractivity contribution in [1.82, 2.24) is 5.43 Å².